The van der Waals surface area contributed by atoms with Crippen molar-refractivity contribution < 1.29 is 0 Å². The molecule has 1 nitrogen and oxygen atoms in total. The van der Waals surface area contributed by atoms with Crippen molar-refractivity contribution in [1.82, 2.24) is 3.71 Å². The van der Waals surface area contributed by atoms with E-state index in [1.807, 2.05) is 6.08 Å². The lowest BCUT2D eigenvalue weighted by molar-refractivity contribution is 0.684. The van der Waals surface area contributed by atoms with Crippen LogP contribution in [0.1, 0.15) is 12.8 Å². The average Bonchev–Trinajstić information content (AvgIpc) is 2.12. The van der Waals surface area contributed by atoms with Gasteiger partial charge in [0.25, 0.3) is 0 Å². The summed E-state index contributed by atoms with van der Waals surface area (Å²) >= 11 is 4.58. The van der Waals surface area contributed by atoms with Gasteiger partial charge in [0.1, 0.15) is 0 Å². The highest BCUT2D eigenvalue weighted by molar-refractivity contribution is 14.2. The second-order valence-corrected chi connectivity index (χ2v) is 5.91. The molecule has 0 saturated carbocycles. The molecule has 0 aromatic carbocycles. The fraction of sp³-hybridized carbons (Fsp3) is 0.429. The van der Waals surface area contributed by atoms with E-state index in [9.17, 15) is 0 Å². The van der Waals surface area contributed by atoms with E-state index in [1.165, 1.54) is 0 Å². The summed E-state index contributed by atoms with van der Waals surface area (Å²) in [6, 6.07) is 0. The molecule has 0 aliphatic heterocycles. The van der Waals surface area contributed by atoms with Gasteiger partial charge in [-0.05, 0) is 12.8 Å². The zero-order valence-electron chi connectivity index (χ0n) is 6.63. The minimum atomic E-state index is 1.05. The van der Waals surface area contributed by atoms with Gasteiger partial charge in [-0.3, -0.25) is 0 Å². The molecule has 5 heteroatoms. The molecule has 0 aromatic heterocycles. The van der Waals surface area contributed by atoms with Crippen LogP contribution in [-0.2, 0) is 0 Å². The molecule has 0 spiro atoms. The Labute approximate surface area is 107 Å². The van der Waals surface area contributed by atoms with Crippen LogP contribution in [0.5, 0.6) is 0 Å². The third-order valence-electron chi connectivity index (χ3n) is 1.28. The molecule has 0 rings (SSSR count). The molecular weight excluding hydrogens is 416 g/mol. The molecule has 0 heterocycles. The first-order valence-corrected chi connectivity index (χ1v) is 10.0. The van der Waals surface area contributed by atoms with Gasteiger partial charge in [-0.1, -0.05) is 24.8 Å². The zero-order chi connectivity index (χ0) is 9.40. The van der Waals surface area contributed by atoms with Crippen molar-refractivity contribution in [1.29, 1.82) is 0 Å². The molecule has 0 saturated heterocycles. The average molecular weight is 427 g/mol. The van der Waals surface area contributed by atoms with Crippen LogP contribution >= 0.6 is 60.6 Å². The Kier molecular flexibility index (Phi) is 10.4. The van der Waals surface area contributed by atoms with Gasteiger partial charge in [0.05, 0.1) is 0 Å². The molecule has 0 bridgehead atoms. The summed E-state index contributed by atoms with van der Waals surface area (Å²) in [6.45, 7) is 8.63. The summed E-state index contributed by atoms with van der Waals surface area (Å²) in [4.78, 5) is 0. The molecule has 12 heavy (non-hydrogen) atoms. The predicted octanol–water partition coefficient (Wildman–Crippen LogP) is 4.81. The highest BCUT2D eigenvalue weighted by atomic mass is 127. The van der Waals surface area contributed by atoms with Gasteiger partial charge >= 0.3 is 0 Å². The summed E-state index contributed by atoms with van der Waals surface area (Å²) in [7, 11) is 3.46. The lowest BCUT2D eigenvalue weighted by Gasteiger charge is -2.11. The molecule has 0 atom stereocenters. The number of rotatable bonds is 7. The van der Waals surface area contributed by atoms with Gasteiger partial charge in [0.15, 0.2) is 0 Å². The minimum Gasteiger partial charge on any atom is -0.176 e. The van der Waals surface area contributed by atoms with Gasteiger partial charge in [-0.2, -0.15) is 3.71 Å². The monoisotopic (exact) mass is 427 g/mol. The van der Waals surface area contributed by atoms with Crippen LogP contribution in [0.15, 0.2) is 24.8 Å². The molecule has 0 radical (unpaired) electrons. The largest absolute Gasteiger partial charge is 0.176 e. The summed E-state index contributed by atoms with van der Waals surface area (Å²) in [5.41, 5.74) is 1.13. The third-order valence-corrected chi connectivity index (χ3v) is 6.86. The summed E-state index contributed by atoms with van der Waals surface area (Å²) in [5, 5.41) is 0. The van der Waals surface area contributed by atoms with Gasteiger partial charge in [-0.15, -0.1) is 0 Å². The molecule has 0 aromatic rings. The Morgan fingerprint density at radius 2 is 2.00 bits per heavy atom. The van der Waals surface area contributed by atoms with Crippen molar-refractivity contribution in [2.45, 2.75) is 12.8 Å². The van der Waals surface area contributed by atoms with E-state index in [1.54, 1.807) is 18.2 Å². The number of nitrogens with zero attached hydrogens (tertiary/aromatic N) is 1. The van der Waals surface area contributed by atoms with Gasteiger partial charge in [-0.25, -0.2) is 0 Å². The van der Waals surface area contributed by atoms with E-state index < -0.39 is 0 Å². The quantitative estimate of drug-likeness (QED) is 0.327. The van der Waals surface area contributed by atoms with Crippen molar-refractivity contribution in [2.75, 3.05) is 6.54 Å². The van der Waals surface area contributed by atoms with Crippen molar-refractivity contribution in [2.24, 2.45) is 0 Å². The van der Waals surface area contributed by atoms with Gasteiger partial charge in [0.2, 0.25) is 0 Å². The molecule has 0 amide bonds. The molecule has 0 aliphatic rings. The van der Waals surface area contributed by atoms with E-state index >= 15 is 0 Å². The number of halogens is 2. The fourth-order valence-electron chi connectivity index (χ4n) is 0.617. The summed E-state index contributed by atoms with van der Waals surface area (Å²) in [5.74, 6) is 0. The van der Waals surface area contributed by atoms with Crippen molar-refractivity contribution >= 4 is 60.6 Å². The van der Waals surface area contributed by atoms with Crippen LogP contribution in [-0.4, -0.2) is 10.3 Å². The van der Waals surface area contributed by atoms with Crippen LogP contribution in [0.4, 0.5) is 0 Å². The molecule has 0 aliphatic carbocycles. The van der Waals surface area contributed by atoms with Crippen LogP contribution in [0.2, 0.25) is 0 Å². The van der Waals surface area contributed by atoms with Gasteiger partial charge < -0.3 is 0 Å². The van der Waals surface area contributed by atoms with E-state index in [0.29, 0.717) is 0 Å². The first kappa shape index (κ1) is 13.6. The third kappa shape index (κ3) is 7.05. The van der Waals surface area contributed by atoms with Crippen LogP contribution in [0, 0.1) is 0 Å². The SMILES string of the molecule is C=CC(=C)CCCN(SI)SI. The first-order valence-electron chi connectivity index (χ1n) is 3.39. The summed E-state index contributed by atoms with van der Waals surface area (Å²) < 4.78 is 2.23. The minimum absolute atomic E-state index is 1.05. The lowest BCUT2D eigenvalue weighted by atomic mass is 10.2. The van der Waals surface area contributed by atoms with Crippen LogP contribution in [0.25, 0.3) is 0 Å². The second-order valence-electron chi connectivity index (χ2n) is 2.16. The predicted molar refractivity (Wildman–Crippen MR) is 78.5 cm³/mol. The Hall–Kier alpha value is 1.60. The first-order chi connectivity index (χ1) is 5.74. The maximum Gasteiger partial charge on any atom is 0.0220 e. The van der Waals surface area contributed by atoms with Crippen molar-refractivity contribution in [3.63, 3.8) is 0 Å². The van der Waals surface area contributed by atoms with Crippen molar-refractivity contribution in [3.05, 3.63) is 24.8 Å². The Morgan fingerprint density at radius 3 is 2.42 bits per heavy atom. The maximum absolute atomic E-state index is 3.87. The second kappa shape index (κ2) is 9.17. The van der Waals surface area contributed by atoms with E-state index in [-0.39, 0.29) is 0 Å². The molecular formula is C7H11I2NS2. The topological polar surface area (TPSA) is 3.24 Å². The zero-order valence-corrected chi connectivity index (χ0v) is 12.6. The Morgan fingerprint density at radius 1 is 1.42 bits per heavy atom. The number of allylic oxidation sites excluding steroid dienone is 2. The molecule has 0 unspecified atom stereocenters. The van der Waals surface area contributed by atoms with Gasteiger partial charge in [0, 0.05) is 67.2 Å². The van der Waals surface area contributed by atoms with E-state index in [4.69, 9.17) is 0 Å². The fourth-order valence-corrected chi connectivity index (χ4v) is 6.50. The summed E-state index contributed by atoms with van der Waals surface area (Å²) in [6.07, 6.45) is 4.03. The smallest absolute Gasteiger partial charge is 0.0220 e. The molecule has 0 fully saturated rings. The van der Waals surface area contributed by atoms with E-state index in [0.717, 1.165) is 25.0 Å². The van der Waals surface area contributed by atoms with Crippen molar-refractivity contribution in [3.8, 4) is 0 Å². The molecule has 70 valence electrons. The van der Waals surface area contributed by atoms with Crippen LogP contribution in [0.3, 0.4) is 0 Å². The molecule has 0 N–H and O–H groups in total. The number of hydrogen-bond donors (Lipinski definition) is 0. The highest BCUT2D eigenvalue weighted by Gasteiger charge is 2.01. The lowest BCUT2D eigenvalue weighted by Crippen LogP contribution is -2.03. The van der Waals surface area contributed by atoms with E-state index in [2.05, 4.69) is 59.3 Å². The maximum atomic E-state index is 3.87. The van der Waals surface area contributed by atoms with Crippen LogP contribution < -0.4 is 0 Å². The standard InChI is InChI=1S/C7H11I2NS2/c1-3-7(2)5-4-6-10(11-8)12-9/h3H,1-2,4-6H2. The highest BCUT2D eigenvalue weighted by Crippen LogP contribution is 2.31. The Balaban J connectivity index is 3.40. The number of hydrogen-bond acceptors (Lipinski definition) is 3. The Bertz CT molecular complexity index is 148. The normalized spacial score (nSPS) is 10.2.